The topological polar surface area (TPSA) is 89.4 Å². The first-order valence-corrected chi connectivity index (χ1v) is 9.43. The zero-order valence-electron chi connectivity index (χ0n) is 13.4. The monoisotopic (exact) mass is 381 g/mol. The highest BCUT2D eigenvalue weighted by Gasteiger charge is 2.26. The first kappa shape index (κ1) is 17.7. The number of hydrogen-bond acceptors (Lipinski definition) is 6. The maximum atomic E-state index is 12.9. The Kier molecular flexibility index (Phi) is 5.22. The van der Waals surface area contributed by atoms with E-state index in [9.17, 15) is 8.42 Å². The lowest BCUT2D eigenvalue weighted by molar-refractivity contribution is 0.315. The number of hydrogen-bond donors (Lipinski definition) is 0. The van der Waals surface area contributed by atoms with E-state index in [4.69, 9.17) is 20.5 Å². The molecule has 0 spiro atoms. The summed E-state index contributed by atoms with van der Waals surface area (Å²) in [5, 5.41) is 4.33. The van der Waals surface area contributed by atoms with Gasteiger partial charge in [-0.15, -0.1) is 0 Å². The van der Waals surface area contributed by atoms with Gasteiger partial charge in [-0.2, -0.15) is 9.29 Å². The van der Waals surface area contributed by atoms with Gasteiger partial charge in [0, 0.05) is 11.6 Å². The van der Waals surface area contributed by atoms with E-state index in [-0.39, 0.29) is 17.3 Å². The van der Waals surface area contributed by atoms with Crippen molar-refractivity contribution in [3.05, 3.63) is 53.8 Å². The Morgan fingerprint density at radius 3 is 2.60 bits per heavy atom. The minimum absolute atomic E-state index is 0.0103. The van der Waals surface area contributed by atoms with Gasteiger partial charge in [-0.1, -0.05) is 23.7 Å². The van der Waals surface area contributed by atoms with Crippen molar-refractivity contribution in [1.29, 1.82) is 0 Å². The molecule has 0 atom stereocenters. The zero-order chi connectivity index (χ0) is 17.9. The Morgan fingerprint density at radius 1 is 1.20 bits per heavy atom. The van der Waals surface area contributed by atoms with E-state index in [0.29, 0.717) is 29.4 Å². The van der Waals surface area contributed by atoms with Crippen LogP contribution < -0.4 is 0 Å². The van der Waals surface area contributed by atoms with Crippen LogP contribution in [0.2, 0.25) is 5.02 Å². The van der Waals surface area contributed by atoms with Gasteiger partial charge in [-0.25, -0.2) is 8.42 Å². The van der Waals surface area contributed by atoms with Crippen LogP contribution in [0.25, 0.3) is 11.4 Å². The molecule has 0 unspecified atom stereocenters. The lowest BCUT2D eigenvalue weighted by atomic mass is 10.3. The zero-order valence-corrected chi connectivity index (χ0v) is 15.0. The van der Waals surface area contributed by atoms with E-state index in [2.05, 4.69) is 10.1 Å². The molecule has 0 aliphatic carbocycles. The van der Waals surface area contributed by atoms with E-state index in [1.807, 2.05) is 6.92 Å². The first-order valence-electron chi connectivity index (χ1n) is 7.61. The molecule has 0 amide bonds. The van der Waals surface area contributed by atoms with Crippen molar-refractivity contribution >= 4 is 21.6 Å². The summed E-state index contributed by atoms with van der Waals surface area (Å²) in [6, 6.07) is 7.74. The third kappa shape index (κ3) is 3.92. The van der Waals surface area contributed by atoms with Crippen molar-refractivity contribution in [2.24, 2.45) is 0 Å². The average molecular weight is 382 g/mol. The molecule has 2 aromatic heterocycles. The molecule has 0 aliphatic heterocycles. The fourth-order valence-electron chi connectivity index (χ4n) is 2.27. The largest absolute Gasteiger partial charge is 0.472 e. The highest BCUT2D eigenvalue weighted by Crippen LogP contribution is 2.22. The van der Waals surface area contributed by atoms with E-state index in [1.165, 1.54) is 29.0 Å². The molecule has 0 fully saturated rings. The Bertz CT molecular complexity index is 921. The summed E-state index contributed by atoms with van der Waals surface area (Å²) >= 11 is 5.83. The minimum Gasteiger partial charge on any atom is -0.472 e. The molecule has 0 saturated carbocycles. The second kappa shape index (κ2) is 7.38. The van der Waals surface area contributed by atoms with Gasteiger partial charge in [0.2, 0.25) is 21.7 Å². The van der Waals surface area contributed by atoms with E-state index >= 15 is 0 Å². The quantitative estimate of drug-likeness (QED) is 0.621. The highest BCUT2D eigenvalue weighted by molar-refractivity contribution is 7.89. The Balaban J connectivity index is 1.85. The Hall–Kier alpha value is -2.16. The fraction of sp³-hybridized carbons (Fsp3) is 0.250. The van der Waals surface area contributed by atoms with Crippen LogP contribution in [0.1, 0.15) is 19.2 Å². The molecular formula is C16H16ClN3O4S. The molecule has 3 rings (SSSR count). The summed E-state index contributed by atoms with van der Waals surface area (Å²) in [5.41, 5.74) is 0.664. The summed E-state index contributed by atoms with van der Waals surface area (Å²) in [7, 11) is -3.69. The molecule has 0 radical (unpaired) electrons. The highest BCUT2D eigenvalue weighted by atomic mass is 35.5. The van der Waals surface area contributed by atoms with Crippen LogP contribution in [0.5, 0.6) is 0 Å². The maximum Gasteiger partial charge on any atom is 0.243 e. The predicted octanol–water partition coefficient (Wildman–Crippen LogP) is 3.58. The van der Waals surface area contributed by atoms with Crippen LogP contribution in [-0.4, -0.2) is 29.4 Å². The summed E-state index contributed by atoms with van der Waals surface area (Å²) in [6.45, 7) is 2.22. The molecule has 2 heterocycles. The van der Waals surface area contributed by atoms with Gasteiger partial charge < -0.3 is 8.94 Å². The average Bonchev–Trinajstić information content (AvgIpc) is 3.26. The third-order valence-corrected chi connectivity index (χ3v) is 5.59. The van der Waals surface area contributed by atoms with Crippen LogP contribution >= 0.6 is 11.6 Å². The van der Waals surface area contributed by atoms with Crippen molar-refractivity contribution < 1.29 is 17.4 Å². The summed E-state index contributed by atoms with van der Waals surface area (Å²) < 4.78 is 37.2. The fourth-order valence-corrected chi connectivity index (χ4v) is 3.88. The van der Waals surface area contributed by atoms with Gasteiger partial charge in [-0.05, 0) is 36.8 Å². The van der Waals surface area contributed by atoms with E-state index in [0.717, 1.165) is 0 Å². The molecule has 1 aromatic carbocycles. The minimum atomic E-state index is -3.69. The first-order chi connectivity index (χ1) is 12.0. The molecule has 0 N–H and O–H groups in total. The number of nitrogens with zero attached hydrogens (tertiary/aromatic N) is 3. The predicted molar refractivity (Wildman–Crippen MR) is 91.3 cm³/mol. The second-order valence-corrected chi connectivity index (χ2v) is 7.69. The van der Waals surface area contributed by atoms with Crippen LogP contribution in [0.15, 0.2) is 56.7 Å². The molecule has 25 heavy (non-hydrogen) atoms. The van der Waals surface area contributed by atoms with Gasteiger partial charge in [0.15, 0.2) is 0 Å². The lowest BCUT2D eigenvalue weighted by Crippen LogP contribution is -2.31. The van der Waals surface area contributed by atoms with E-state index in [1.54, 1.807) is 18.2 Å². The number of furan rings is 1. The van der Waals surface area contributed by atoms with Gasteiger partial charge in [0.25, 0.3) is 0 Å². The third-order valence-electron chi connectivity index (χ3n) is 3.48. The number of aromatic nitrogens is 2. The molecular weight excluding hydrogens is 366 g/mol. The van der Waals surface area contributed by atoms with Crippen molar-refractivity contribution in [2.75, 3.05) is 6.54 Å². The number of rotatable bonds is 7. The molecule has 0 saturated heterocycles. The van der Waals surface area contributed by atoms with Crippen LogP contribution in [0, 0.1) is 0 Å². The lowest BCUT2D eigenvalue weighted by Gasteiger charge is -2.19. The number of sulfonamides is 1. The van der Waals surface area contributed by atoms with Crippen molar-refractivity contribution in [3.63, 3.8) is 0 Å². The van der Waals surface area contributed by atoms with Crippen molar-refractivity contribution in [2.45, 2.75) is 24.8 Å². The van der Waals surface area contributed by atoms with Gasteiger partial charge in [0.1, 0.15) is 6.26 Å². The molecule has 9 heteroatoms. The van der Waals surface area contributed by atoms with Crippen LogP contribution in [-0.2, 0) is 16.6 Å². The molecule has 7 nitrogen and oxygen atoms in total. The van der Waals surface area contributed by atoms with Gasteiger partial charge >= 0.3 is 0 Å². The van der Waals surface area contributed by atoms with Gasteiger partial charge in [-0.3, -0.25) is 0 Å². The smallest absolute Gasteiger partial charge is 0.243 e. The molecule has 0 aliphatic rings. The normalized spacial score (nSPS) is 12.0. The Labute approximate surface area is 150 Å². The van der Waals surface area contributed by atoms with Crippen molar-refractivity contribution in [3.8, 4) is 11.4 Å². The molecule has 3 aromatic rings. The SMILES string of the molecule is CCCN(Cc1nc(-c2ccoc2)no1)S(=O)(=O)c1ccc(Cl)cc1. The molecule has 132 valence electrons. The van der Waals surface area contributed by atoms with Crippen LogP contribution in [0.4, 0.5) is 0 Å². The van der Waals surface area contributed by atoms with Crippen molar-refractivity contribution in [1.82, 2.24) is 14.4 Å². The number of halogens is 1. The Morgan fingerprint density at radius 2 is 1.96 bits per heavy atom. The van der Waals surface area contributed by atoms with Gasteiger partial charge in [0.05, 0.1) is 23.3 Å². The summed E-state index contributed by atoms with van der Waals surface area (Å²) in [5.74, 6) is 0.561. The standard InChI is InChI=1S/C16H16ClN3O4S/c1-2-8-20(25(21,22)14-5-3-13(17)4-6-14)10-15-18-16(19-24-15)12-7-9-23-11-12/h3-7,9,11H,2,8,10H2,1H3. The maximum absolute atomic E-state index is 12.9. The second-order valence-electron chi connectivity index (χ2n) is 5.32. The van der Waals surface area contributed by atoms with Crippen LogP contribution in [0.3, 0.4) is 0 Å². The summed E-state index contributed by atoms with van der Waals surface area (Å²) in [4.78, 5) is 4.40. The molecule has 0 bridgehead atoms. The van der Waals surface area contributed by atoms with E-state index < -0.39 is 10.0 Å². The summed E-state index contributed by atoms with van der Waals surface area (Å²) in [6.07, 6.45) is 3.64. The number of benzene rings is 1.